The molecule has 0 N–H and O–H groups in total. The summed E-state index contributed by atoms with van der Waals surface area (Å²) in [5.41, 5.74) is 2.00. The molecule has 2 heterocycles. The summed E-state index contributed by atoms with van der Waals surface area (Å²) in [5, 5.41) is 3.48. The molecule has 0 radical (unpaired) electrons. The molecule has 0 aliphatic carbocycles. The molecule has 0 aliphatic heterocycles. The Morgan fingerprint density at radius 2 is 1.92 bits per heavy atom. The van der Waals surface area contributed by atoms with E-state index in [2.05, 4.69) is 40.8 Å². The minimum Gasteiger partial charge on any atom is -0.282 e. The first kappa shape index (κ1) is 17.8. The number of thiophene rings is 1. The lowest BCUT2D eigenvalue weighted by atomic mass is 10.2. The molecule has 0 aliphatic rings. The van der Waals surface area contributed by atoms with E-state index in [9.17, 15) is 4.79 Å². The summed E-state index contributed by atoms with van der Waals surface area (Å²) >= 11 is 5.50. The molecule has 0 fully saturated rings. The van der Waals surface area contributed by atoms with Crippen LogP contribution in [0, 0.1) is 3.57 Å². The van der Waals surface area contributed by atoms with Gasteiger partial charge < -0.3 is 0 Å². The van der Waals surface area contributed by atoms with Crippen molar-refractivity contribution in [1.82, 2.24) is 9.55 Å². The van der Waals surface area contributed by atoms with Crippen LogP contribution in [0.4, 0.5) is 0 Å². The minimum absolute atomic E-state index is 0.0254. The summed E-state index contributed by atoms with van der Waals surface area (Å²) in [4.78, 5) is 19.1. The van der Waals surface area contributed by atoms with Gasteiger partial charge >= 0.3 is 0 Å². The number of halogens is 1. The summed E-state index contributed by atoms with van der Waals surface area (Å²) in [6.07, 6.45) is 0. The molecule has 0 amide bonds. The van der Waals surface area contributed by atoms with Crippen LogP contribution in [0.1, 0.15) is 10.4 Å². The second-order valence-corrected chi connectivity index (χ2v) is 9.02. The highest BCUT2D eigenvalue weighted by molar-refractivity contribution is 14.1. The summed E-state index contributed by atoms with van der Waals surface area (Å²) in [7, 11) is 0. The van der Waals surface area contributed by atoms with Crippen LogP contribution in [0.5, 0.6) is 0 Å². The fourth-order valence-electron chi connectivity index (χ4n) is 2.70. The van der Waals surface area contributed by atoms with Crippen LogP contribution in [0.25, 0.3) is 10.9 Å². The van der Waals surface area contributed by atoms with Crippen LogP contribution in [-0.2, 0) is 12.3 Å². The van der Waals surface area contributed by atoms with Crippen LogP contribution in [0.15, 0.2) is 76.0 Å². The lowest BCUT2D eigenvalue weighted by Gasteiger charge is -2.12. The summed E-state index contributed by atoms with van der Waals surface area (Å²) in [6.45, 7) is 0.558. The van der Waals surface area contributed by atoms with Crippen molar-refractivity contribution in [2.75, 3.05) is 0 Å². The first-order chi connectivity index (χ1) is 12.7. The molecule has 0 saturated heterocycles. The fraction of sp³-hybridized carbons (Fsp3) is 0.100. The van der Waals surface area contributed by atoms with Crippen molar-refractivity contribution in [2.24, 2.45) is 0 Å². The van der Waals surface area contributed by atoms with Gasteiger partial charge in [0.15, 0.2) is 5.16 Å². The van der Waals surface area contributed by atoms with E-state index in [1.165, 1.54) is 5.56 Å². The van der Waals surface area contributed by atoms with E-state index in [1.807, 2.05) is 47.8 Å². The van der Waals surface area contributed by atoms with Gasteiger partial charge in [0.1, 0.15) is 0 Å². The first-order valence-corrected chi connectivity index (χ1v) is 11.0. The second-order valence-electron chi connectivity index (χ2n) is 5.80. The smallest absolute Gasteiger partial charge is 0.262 e. The van der Waals surface area contributed by atoms with E-state index in [-0.39, 0.29) is 5.56 Å². The van der Waals surface area contributed by atoms with Crippen molar-refractivity contribution in [1.29, 1.82) is 0 Å². The predicted octanol–water partition coefficient (Wildman–Crippen LogP) is 5.40. The largest absolute Gasteiger partial charge is 0.282 e. The molecule has 130 valence electrons. The van der Waals surface area contributed by atoms with Gasteiger partial charge in [0.25, 0.3) is 5.56 Å². The lowest BCUT2D eigenvalue weighted by Crippen LogP contribution is -2.23. The zero-order valence-electron chi connectivity index (χ0n) is 13.8. The number of nitrogens with zero attached hydrogens (tertiary/aromatic N) is 2. The number of rotatable bonds is 5. The fourth-order valence-corrected chi connectivity index (χ4v) is 4.84. The van der Waals surface area contributed by atoms with Crippen molar-refractivity contribution < 1.29 is 0 Å². The van der Waals surface area contributed by atoms with Gasteiger partial charge in [-0.2, -0.15) is 0 Å². The monoisotopic (exact) mass is 490 g/mol. The third-order valence-electron chi connectivity index (χ3n) is 3.99. The Kier molecular flexibility index (Phi) is 5.42. The maximum Gasteiger partial charge on any atom is 0.262 e. The van der Waals surface area contributed by atoms with Gasteiger partial charge in [-0.25, -0.2) is 4.98 Å². The van der Waals surface area contributed by atoms with Crippen molar-refractivity contribution in [3.05, 3.63) is 90.4 Å². The zero-order chi connectivity index (χ0) is 17.9. The highest BCUT2D eigenvalue weighted by Gasteiger charge is 2.13. The molecular weight excluding hydrogens is 475 g/mol. The summed E-state index contributed by atoms with van der Waals surface area (Å²) in [6, 6.07) is 20.2. The van der Waals surface area contributed by atoms with E-state index in [1.54, 1.807) is 27.7 Å². The number of fused-ring (bicyclic) bond motifs is 1. The standard InChI is InChI=1S/C20H15IN2OS2/c21-15-8-9-18-17(11-15)19(24)23(12-16-7-4-10-25-16)20(22-18)26-13-14-5-2-1-3-6-14/h1-11H,12-13H2. The van der Waals surface area contributed by atoms with E-state index in [0.29, 0.717) is 11.9 Å². The Hall–Kier alpha value is -1.64. The topological polar surface area (TPSA) is 34.9 Å². The van der Waals surface area contributed by atoms with Crippen molar-refractivity contribution in [2.45, 2.75) is 17.5 Å². The van der Waals surface area contributed by atoms with Crippen molar-refractivity contribution >= 4 is 56.6 Å². The van der Waals surface area contributed by atoms with Gasteiger partial charge in [-0.15, -0.1) is 11.3 Å². The van der Waals surface area contributed by atoms with E-state index in [4.69, 9.17) is 4.98 Å². The molecule has 6 heteroatoms. The van der Waals surface area contributed by atoms with E-state index in [0.717, 1.165) is 24.9 Å². The average Bonchev–Trinajstić information content (AvgIpc) is 3.17. The Morgan fingerprint density at radius 1 is 1.08 bits per heavy atom. The van der Waals surface area contributed by atoms with Crippen molar-refractivity contribution in [3.8, 4) is 0 Å². The van der Waals surface area contributed by atoms with Crippen LogP contribution in [-0.4, -0.2) is 9.55 Å². The lowest BCUT2D eigenvalue weighted by molar-refractivity contribution is 0.664. The van der Waals surface area contributed by atoms with Crippen LogP contribution in [0.2, 0.25) is 0 Å². The van der Waals surface area contributed by atoms with E-state index < -0.39 is 0 Å². The molecule has 3 nitrogen and oxygen atoms in total. The summed E-state index contributed by atoms with van der Waals surface area (Å²) < 4.78 is 2.85. The van der Waals surface area contributed by atoms with Crippen LogP contribution in [0.3, 0.4) is 0 Å². The number of hydrogen-bond donors (Lipinski definition) is 0. The highest BCUT2D eigenvalue weighted by Crippen LogP contribution is 2.24. The molecule has 4 rings (SSSR count). The van der Waals surface area contributed by atoms with E-state index >= 15 is 0 Å². The van der Waals surface area contributed by atoms with Crippen LogP contribution >= 0.6 is 45.7 Å². The van der Waals surface area contributed by atoms with Gasteiger partial charge in [0.05, 0.1) is 17.4 Å². The van der Waals surface area contributed by atoms with Gasteiger partial charge in [0.2, 0.25) is 0 Å². The Bertz CT molecular complexity index is 1090. The molecule has 0 spiro atoms. The maximum absolute atomic E-state index is 13.1. The molecule has 0 saturated carbocycles. The molecule has 0 unspecified atom stereocenters. The van der Waals surface area contributed by atoms with Gasteiger partial charge in [0, 0.05) is 14.2 Å². The quantitative estimate of drug-likeness (QED) is 0.213. The molecule has 0 atom stereocenters. The molecule has 2 aromatic carbocycles. The third kappa shape index (κ3) is 3.87. The zero-order valence-corrected chi connectivity index (χ0v) is 17.6. The Morgan fingerprint density at radius 3 is 2.69 bits per heavy atom. The third-order valence-corrected chi connectivity index (χ3v) is 6.57. The van der Waals surface area contributed by atoms with Crippen molar-refractivity contribution in [3.63, 3.8) is 0 Å². The molecule has 4 aromatic rings. The molecule has 2 aromatic heterocycles. The number of aromatic nitrogens is 2. The predicted molar refractivity (Wildman–Crippen MR) is 118 cm³/mol. The number of benzene rings is 2. The Balaban J connectivity index is 1.78. The average molecular weight is 490 g/mol. The highest BCUT2D eigenvalue weighted by atomic mass is 127. The van der Waals surface area contributed by atoms with Gasteiger partial charge in [-0.05, 0) is 57.8 Å². The molecular formula is C20H15IN2OS2. The number of hydrogen-bond acceptors (Lipinski definition) is 4. The Labute approximate surface area is 173 Å². The van der Waals surface area contributed by atoms with Crippen LogP contribution < -0.4 is 5.56 Å². The first-order valence-electron chi connectivity index (χ1n) is 8.10. The van der Waals surface area contributed by atoms with Gasteiger partial charge in [-0.1, -0.05) is 48.2 Å². The summed E-state index contributed by atoms with van der Waals surface area (Å²) in [5.74, 6) is 0.785. The van der Waals surface area contributed by atoms with Gasteiger partial charge in [-0.3, -0.25) is 9.36 Å². The second kappa shape index (κ2) is 7.94. The normalized spacial score (nSPS) is 11.1. The molecule has 0 bridgehead atoms. The SMILES string of the molecule is O=c1c2cc(I)ccc2nc(SCc2ccccc2)n1Cc1cccs1. The molecule has 26 heavy (non-hydrogen) atoms. The minimum atomic E-state index is 0.0254. The maximum atomic E-state index is 13.1. The number of thioether (sulfide) groups is 1.